The fraction of sp³-hybridized carbons (Fsp3) is 0.455. The van der Waals surface area contributed by atoms with Gasteiger partial charge in [0.1, 0.15) is 0 Å². The highest BCUT2D eigenvalue weighted by atomic mass is 35.5. The Labute approximate surface area is 125 Å². The molecule has 0 amide bonds. The molecule has 4 N–H and O–H groups in total. The standard InChI is InChI=1S/C11H18N2O4S2.ClH/c1-18(14,15)11(10(13)8-12,19(2,16)17)9-6-4-3-5-7-9;/h3-7,10H,8,12-13H2,1-2H3;1H. The van der Waals surface area contributed by atoms with Crippen molar-refractivity contribution < 1.29 is 16.8 Å². The number of benzene rings is 1. The summed E-state index contributed by atoms with van der Waals surface area (Å²) in [5.41, 5.74) is 11.3. The first kappa shape index (κ1) is 19.3. The average molecular weight is 343 g/mol. The summed E-state index contributed by atoms with van der Waals surface area (Å²) >= 11 is 0. The summed E-state index contributed by atoms with van der Waals surface area (Å²) < 4.78 is 46.5. The zero-order valence-electron chi connectivity index (χ0n) is 11.2. The molecule has 0 aromatic heterocycles. The zero-order chi connectivity index (χ0) is 14.9. The van der Waals surface area contributed by atoms with Crippen molar-refractivity contribution in [1.29, 1.82) is 0 Å². The van der Waals surface area contributed by atoms with Crippen LogP contribution in [0.4, 0.5) is 0 Å². The Hall–Kier alpha value is -0.670. The highest BCUT2D eigenvalue weighted by molar-refractivity contribution is 8.09. The molecule has 1 rings (SSSR count). The molecule has 6 nitrogen and oxygen atoms in total. The molecule has 1 atom stereocenters. The smallest absolute Gasteiger partial charge is 0.213 e. The summed E-state index contributed by atoms with van der Waals surface area (Å²) in [6.07, 6.45) is 1.72. The predicted molar refractivity (Wildman–Crippen MR) is 82.1 cm³/mol. The van der Waals surface area contributed by atoms with Crippen molar-refractivity contribution >= 4 is 32.1 Å². The summed E-state index contributed by atoms with van der Waals surface area (Å²) in [5, 5.41) is 0. The monoisotopic (exact) mass is 342 g/mol. The van der Waals surface area contributed by atoms with Gasteiger partial charge in [0.15, 0.2) is 19.7 Å². The summed E-state index contributed by atoms with van der Waals surface area (Å²) in [5.74, 6) is 0. The van der Waals surface area contributed by atoms with E-state index in [4.69, 9.17) is 11.5 Å². The van der Waals surface area contributed by atoms with Crippen molar-refractivity contribution in [1.82, 2.24) is 0 Å². The van der Waals surface area contributed by atoms with Crippen LogP contribution >= 0.6 is 12.4 Å². The van der Waals surface area contributed by atoms with Gasteiger partial charge in [-0.05, 0) is 5.56 Å². The normalized spacial score (nSPS) is 14.4. The van der Waals surface area contributed by atoms with Gasteiger partial charge in [0.25, 0.3) is 0 Å². The predicted octanol–water partition coefficient (Wildman–Crippen LogP) is -0.364. The topological polar surface area (TPSA) is 120 Å². The van der Waals surface area contributed by atoms with Gasteiger partial charge in [-0.1, -0.05) is 30.3 Å². The van der Waals surface area contributed by atoms with E-state index in [9.17, 15) is 16.8 Å². The van der Waals surface area contributed by atoms with Gasteiger partial charge < -0.3 is 11.5 Å². The quantitative estimate of drug-likeness (QED) is 0.753. The van der Waals surface area contributed by atoms with Crippen LogP contribution in [-0.2, 0) is 23.8 Å². The van der Waals surface area contributed by atoms with E-state index in [-0.39, 0.29) is 24.5 Å². The lowest BCUT2D eigenvalue weighted by atomic mass is 10.1. The molecule has 0 bridgehead atoms. The van der Waals surface area contributed by atoms with Gasteiger partial charge in [-0.3, -0.25) is 0 Å². The molecular formula is C11H19ClN2O4S2. The summed E-state index contributed by atoms with van der Waals surface area (Å²) in [6.45, 7) is -0.269. The Morgan fingerprint density at radius 2 is 1.45 bits per heavy atom. The highest BCUT2D eigenvalue weighted by Gasteiger charge is 2.56. The minimum absolute atomic E-state index is 0. The van der Waals surface area contributed by atoms with Crippen molar-refractivity contribution in [2.75, 3.05) is 19.1 Å². The molecule has 0 aliphatic carbocycles. The molecule has 116 valence electrons. The molecule has 0 spiro atoms. The van der Waals surface area contributed by atoms with E-state index in [1.54, 1.807) is 18.2 Å². The lowest BCUT2D eigenvalue weighted by molar-refractivity contribution is 0.507. The van der Waals surface area contributed by atoms with Crippen LogP contribution in [0, 0.1) is 0 Å². The van der Waals surface area contributed by atoms with Crippen LogP contribution in [0.1, 0.15) is 5.56 Å². The van der Waals surface area contributed by atoms with Crippen molar-refractivity contribution in [2.24, 2.45) is 11.5 Å². The molecule has 0 heterocycles. The van der Waals surface area contributed by atoms with E-state index >= 15 is 0 Å². The third-order valence-electron chi connectivity index (χ3n) is 3.02. The number of rotatable bonds is 5. The van der Waals surface area contributed by atoms with E-state index < -0.39 is 29.8 Å². The van der Waals surface area contributed by atoms with Crippen LogP contribution < -0.4 is 11.5 Å². The van der Waals surface area contributed by atoms with Crippen molar-refractivity contribution in [3.05, 3.63) is 35.9 Å². The summed E-state index contributed by atoms with van der Waals surface area (Å²) in [4.78, 5) is 0. The lowest BCUT2D eigenvalue weighted by Gasteiger charge is -2.35. The minimum Gasteiger partial charge on any atom is -0.329 e. The SMILES string of the molecule is CS(=O)(=O)C(c1ccccc1)(C(N)CN)S(C)(=O)=O.Cl. The fourth-order valence-electron chi connectivity index (χ4n) is 2.29. The highest BCUT2D eigenvalue weighted by Crippen LogP contribution is 2.37. The van der Waals surface area contributed by atoms with E-state index in [1.165, 1.54) is 12.1 Å². The zero-order valence-corrected chi connectivity index (χ0v) is 13.6. The Morgan fingerprint density at radius 3 is 1.75 bits per heavy atom. The molecule has 0 radical (unpaired) electrons. The van der Waals surface area contributed by atoms with Gasteiger partial charge in [-0.25, -0.2) is 16.8 Å². The molecule has 0 aliphatic rings. The van der Waals surface area contributed by atoms with Gasteiger partial charge in [0, 0.05) is 19.1 Å². The molecule has 1 aromatic carbocycles. The number of nitrogens with two attached hydrogens (primary N) is 2. The Balaban J connectivity index is 0.00000361. The number of halogens is 1. The summed E-state index contributed by atoms with van der Waals surface area (Å²) in [6, 6.07) is 6.38. The number of hydrogen-bond acceptors (Lipinski definition) is 6. The van der Waals surface area contributed by atoms with Gasteiger partial charge in [-0.2, -0.15) is 0 Å². The second-order valence-electron chi connectivity index (χ2n) is 4.42. The Bertz CT molecular complexity index is 612. The van der Waals surface area contributed by atoms with Crippen molar-refractivity contribution in [3.8, 4) is 0 Å². The van der Waals surface area contributed by atoms with E-state index in [0.717, 1.165) is 12.5 Å². The van der Waals surface area contributed by atoms with E-state index in [1.807, 2.05) is 0 Å². The van der Waals surface area contributed by atoms with E-state index in [0.29, 0.717) is 0 Å². The molecule has 20 heavy (non-hydrogen) atoms. The van der Waals surface area contributed by atoms with Crippen LogP contribution in [0.2, 0.25) is 0 Å². The number of sulfone groups is 2. The average Bonchev–Trinajstić information content (AvgIpc) is 2.27. The van der Waals surface area contributed by atoms with Crippen LogP contribution in [0.3, 0.4) is 0 Å². The molecule has 0 aliphatic heterocycles. The maximum absolute atomic E-state index is 12.2. The fourth-order valence-corrected chi connectivity index (χ4v) is 6.91. The van der Waals surface area contributed by atoms with Gasteiger partial charge in [0.2, 0.25) is 4.08 Å². The molecule has 0 saturated carbocycles. The van der Waals surface area contributed by atoms with Crippen LogP contribution in [0.5, 0.6) is 0 Å². The Kier molecular flexibility index (Phi) is 6.18. The molecular weight excluding hydrogens is 324 g/mol. The van der Waals surface area contributed by atoms with Crippen molar-refractivity contribution in [3.63, 3.8) is 0 Å². The molecule has 1 unspecified atom stereocenters. The van der Waals surface area contributed by atoms with Crippen molar-refractivity contribution in [2.45, 2.75) is 10.1 Å². The summed E-state index contributed by atoms with van der Waals surface area (Å²) in [7, 11) is -8.08. The second kappa shape index (κ2) is 6.40. The van der Waals surface area contributed by atoms with E-state index in [2.05, 4.69) is 0 Å². The molecule has 1 aromatic rings. The second-order valence-corrected chi connectivity index (χ2v) is 9.06. The van der Waals surface area contributed by atoms with Gasteiger partial charge >= 0.3 is 0 Å². The van der Waals surface area contributed by atoms with Gasteiger partial charge in [-0.15, -0.1) is 12.4 Å². The number of hydrogen-bond donors (Lipinski definition) is 2. The first-order valence-electron chi connectivity index (χ1n) is 5.49. The first-order chi connectivity index (χ1) is 8.59. The maximum atomic E-state index is 12.2. The molecule has 0 fully saturated rings. The molecule has 9 heteroatoms. The van der Waals surface area contributed by atoms with Crippen LogP contribution in [0.25, 0.3) is 0 Å². The third-order valence-corrected chi connectivity index (χ3v) is 8.12. The van der Waals surface area contributed by atoms with Gasteiger partial charge in [0.05, 0.1) is 6.04 Å². The lowest BCUT2D eigenvalue weighted by Crippen LogP contribution is -2.58. The molecule has 0 saturated heterocycles. The largest absolute Gasteiger partial charge is 0.329 e. The van der Waals surface area contributed by atoms with Crippen LogP contribution in [0.15, 0.2) is 30.3 Å². The first-order valence-corrected chi connectivity index (χ1v) is 9.27. The maximum Gasteiger partial charge on any atom is 0.213 e. The Morgan fingerprint density at radius 1 is 1.05 bits per heavy atom. The third kappa shape index (κ3) is 2.99. The van der Waals surface area contributed by atoms with Crippen LogP contribution in [-0.4, -0.2) is 41.9 Å². The minimum atomic E-state index is -4.04.